The number of ether oxygens (including phenoxy) is 1. The van der Waals surface area contributed by atoms with Gasteiger partial charge in [0.25, 0.3) is 0 Å². The van der Waals surface area contributed by atoms with Gasteiger partial charge in [-0.25, -0.2) is 13.2 Å². The van der Waals surface area contributed by atoms with Gasteiger partial charge in [0, 0.05) is 23.2 Å². The highest BCUT2D eigenvalue weighted by molar-refractivity contribution is 7.89. The zero-order valence-corrected chi connectivity index (χ0v) is 17.7. The summed E-state index contributed by atoms with van der Waals surface area (Å²) in [5.74, 6) is -0.966. The molecule has 30 heavy (non-hydrogen) atoms. The molecule has 0 amide bonds. The van der Waals surface area contributed by atoms with E-state index in [1.807, 2.05) is 0 Å². The van der Waals surface area contributed by atoms with E-state index in [9.17, 15) is 18.0 Å². The monoisotopic (exact) mass is 446 g/mol. The topological polar surface area (TPSA) is 85.7 Å². The van der Waals surface area contributed by atoms with Gasteiger partial charge in [-0.1, -0.05) is 29.8 Å². The Morgan fingerprint density at radius 3 is 2.50 bits per heavy atom. The van der Waals surface area contributed by atoms with Gasteiger partial charge in [-0.2, -0.15) is 4.31 Å². The van der Waals surface area contributed by atoms with Crippen LogP contribution in [0.15, 0.2) is 59.6 Å². The molecule has 7 nitrogen and oxygen atoms in total. The fourth-order valence-electron chi connectivity index (χ4n) is 3.81. The van der Waals surface area contributed by atoms with Crippen LogP contribution in [0, 0.1) is 0 Å². The first-order valence-electron chi connectivity index (χ1n) is 9.34. The van der Waals surface area contributed by atoms with Crippen LogP contribution in [0.25, 0.3) is 10.9 Å². The molecule has 156 valence electrons. The fraction of sp³-hybridized carbons (Fsp3) is 0.238. The van der Waals surface area contributed by atoms with Gasteiger partial charge in [-0.15, -0.1) is 0 Å². The maximum Gasteiger partial charge on any atom is 0.340 e. The zero-order valence-electron chi connectivity index (χ0n) is 16.1. The minimum absolute atomic E-state index is 0.0826. The summed E-state index contributed by atoms with van der Waals surface area (Å²) in [7, 11) is -2.60. The number of benzene rings is 2. The maximum absolute atomic E-state index is 13.4. The molecule has 2 aromatic carbocycles. The number of carbonyl (C=O) groups is 2. The van der Waals surface area contributed by atoms with Crippen LogP contribution in [-0.2, 0) is 14.8 Å². The second kappa shape index (κ2) is 7.86. The molecule has 0 bridgehead atoms. The van der Waals surface area contributed by atoms with Crippen LogP contribution in [0.5, 0.6) is 0 Å². The van der Waals surface area contributed by atoms with E-state index in [0.29, 0.717) is 28.8 Å². The molecule has 1 aromatic heterocycles. The fourth-order valence-corrected chi connectivity index (χ4v) is 5.59. The van der Waals surface area contributed by atoms with Crippen LogP contribution >= 0.6 is 11.6 Å². The molecule has 1 saturated heterocycles. The molecule has 4 rings (SSSR count). The van der Waals surface area contributed by atoms with E-state index in [1.165, 1.54) is 46.4 Å². The lowest BCUT2D eigenvalue weighted by atomic mass is 10.2. The Balaban J connectivity index is 1.75. The average molecular weight is 447 g/mol. The summed E-state index contributed by atoms with van der Waals surface area (Å²) in [6.45, 7) is 0.241. The summed E-state index contributed by atoms with van der Waals surface area (Å²) >= 11 is 5.87. The lowest BCUT2D eigenvalue weighted by Crippen LogP contribution is -2.42. The van der Waals surface area contributed by atoms with Crippen molar-refractivity contribution in [3.8, 4) is 0 Å². The molecule has 0 spiro atoms. The molecule has 1 atom stereocenters. The number of methoxy groups -OCH3 is 1. The first-order chi connectivity index (χ1) is 14.3. The van der Waals surface area contributed by atoms with Crippen LogP contribution in [0.3, 0.4) is 0 Å². The van der Waals surface area contributed by atoms with Crippen molar-refractivity contribution in [2.24, 2.45) is 0 Å². The van der Waals surface area contributed by atoms with Gasteiger partial charge < -0.3 is 4.74 Å². The standard InChI is InChI=1S/C21H19ClN2O5S/c1-29-21(26)17-13-23(18-6-3-2-5-16(17)18)20(25)19-7-4-12-24(19)30(27,28)15-10-8-14(22)9-11-15/h2-3,5-6,8-11,13,19H,4,7,12H2,1H3/t19-/m0/s1. The van der Waals surface area contributed by atoms with E-state index in [1.54, 1.807) is 24.3 Å². The Morgan fingerprint density at radius 2 is 1.80 bits per heavy atom. The van der Waals surface area contributed by atoms with Gasteiger partial charge in [0.05, 0.1) is 23.1 Å². The number of hydrogen-bond acceptors (Lipinski definition) is 5. The SMILES string of the molecule is COC(=O)c1cn(C(=O)[C@@H]2CCCN2S(=O)(=O)c2ccc(Cl)cc2)c2ccccc12. The lowest BCUT2D eigenvalue weighted by Gasteiger charge is -2.23. The van der Waals surface area contributed by atoms with Crippen molar-refractivity contribution >= 4 is 44.4 Å². The van der Waals surface area contributed by atoms with Crippen molar-refractivity contribution in [1.82, 2.24) is 8.87 Å². The summed E-state index contributed by atoms with van der Waals surface area (Å²) in [6.07, 6.45) is 2.38. The largest absolute Gasteiger partial charge is 0.465 e. The van der Waals surface area contributed by atoms with Crippen LogP contribution < -0.4 is 0 Å². The predicted molar refractivity (Wildman–Crippen MR) is 112 cm³/mol. The van der Waals surface area contributed by atoms with E-state index < -0.39 is 27.9 Å². The molecular formula is C21H19ClN2O5S. The summed E-state index contributed by atoms with van der Waals surface area (Å²) < 4.78 is 33.7. The first kappa shape index (κ1) is 20.6. The molecular weight excluding hydrogens is 428 g/mol. The number of fused-ring (bicyclic) bond motifs is 1. The minimum atomic E-state index is -3.88. The average Bonchev–Trinajstić information content (AvgIpc) is 3.39. The number of carbonyl (C=O) groups excluding carboxylic acids is 2. The first-order valence-corrected chi connectivity index (χ1v) is 11.2. The molecule has 3 aromatic rings. The van der Waals surface area contributed by atoms with Crippen molar-refractivity contribution in [2.75, 3.05) is 13.7 Å². The van der Waals surface area contributed by atoms with E-state index in [2.05, 4.69) is 0 Å². The number of halogens is 1. The van der Waals surface area contributed by atoms with Crippen molar-refractivity contribution in [2.45, 2.75) is 23.8 Å². The summed E-state index contributed by atoms with van der Waals surface area (Å²) in [5, 5.41) is 1.000. The Bertz CT molecular complexity index is 1230. The molecule has 0 unspecified atom stereocenters. The van der Waals surface area contributed by atoms with Gasteiger partial charge in [0.2, 0.25) is 15.9 Å². The highest BCUT2D eigenvalue weighted by atomic mass is 35.5. The third-order valence-corrected chi connectivity index (χ3v) is 7.44. The summed E-state index contributed by atoms with van der Waals surface area (Å²) in [4.78, 5) is 25.7. The van der Waals surface area contributed by atoms with Crippen molar-refractivity contribution in [3.63, 3.8) is 0 Å². The quantitative estimate of drug-likeness (QED) is 0.572. The highest BCUT2D eigenvalue weighted by Crippen LogP contribution is 2.30. The number of hydrogen-bond donors (Lipinski definition) is 0. The second-order valence-corrected chi connectivity index (χ2v) is 9.31. The van der Waals surface area contributed by atoms with Gasteiger partial charge in [0.15, 0.2) is 0 Å². The molecule has 2 heterocycles. The maximum atomic E-state index is 13.4. The number of aromatic nitrogens is 1. The Hall–Kier alpha value is -2.68. The molecule has 1 aliphatic heterocycles. The van der Waals surface area contributed by atoms with Gasteiger partial charge >= 0.3 is 5.97 Å². The highest BCUT2D eigenvalue weighted by Gasteiger charge is 2.40. The molecule has 0 radical (unpaired) electrons. The van der Waals surface area contributed by atoms with E-state index in [0.717, 1.165) is 0 Å². The van der Waals surface area contributed by atoms with Crippen LogP contribution in [0.2, 0.25) is 5.02 Å². The van der Waals surface area contributed by atoms with Crippen LogP contribution in [-0.4, -0.2) is 48.9 Å². The van der Waals surface area contributed by atoms with E-state index >= 15 is 0 Å². The number of rotatable bonds is 4. The molecule has 0 N–H and O–H groups in total. The zero-order chi connectivity index (χ0) is 21.5. The minimum Gasteiger partial charge on any atom is -0.465 e. The Kier molecular flexibility index (Phi) is 5.40. The van der Waals surface area contributed by atoms with Crippen molar-refractivity contribution in [1.29, 1.82) is 0 Å². The smallest absolute Gasteiger partial charge is 0.340 e. The third kappa shape index (κ3) is 3.40. The predicted octanol–water partition coefficient (Wildman–Crippen LogP) is 3.57. The number of sulfonamides is 1. The molecule has 9 heteroatoms. The van der Waals surface area contributed by atoms with Crippen LogP contribution in [0.4, 0.5) is 0 Å². The Labute approximate surface area is 178 Å². The second-order valence-electron chi connectivity index (χ2n) is 6.99. The number of nitrogens with zero attached hydrogens (tertiary/aromatic N) is 2. The lowest BCUT2D eigenvalue weighted by molar-refractivity contribution is 0.0603. The summed E-state index contributed by atoms with van der Waals surface area (Å²) in [6, 6.07) is 11.9. The normalized spacial score (nSPS) is 17.3. The van der Waals surface area contributed by atoms with Gasteiger partial charge in [0.1, 0.15) is 6.04 Å². The van der Waals surface area contributed by atoms with E-state index in [-0.39, 0.29) is 17.0 Å². The summed E-state index contributed by atoms with van der Waals surface area (Å²) in [5.41, 5.74) is 0.783. The third-order valence-electron chi connectivity index (χ3n) is 5.26. The molecule has 0 saturated carbocycles. The number of esters is 1. The Morgan fingerprint density at radius 1 is 1.10 bits per heavy atom. The van der Waals surface area contributed by atoms with Gasteiger partial charge in [-0.05, 0) is 43.2 Å². The molecule has 0 aliphatic carbocycles. The molecule has 1 aliphatic rings. The van der Waals surface area contributed by atoms with Gasteiger partial charge in [-0.3, -0.25) is 9.36 Å². The van der Waals surface area contributed by atoms with E-state index in [4.69, 9.17) is 16.3 Å². The number of para-hydroxylation sites is 1. The molecule has 1 fully saturated rings. The van der Waals surface area contributed by atoms with Crippen molar-refractivity contribution in [3.05, 3.63) is 65.3 Å². The van der Waals surface area contributed by atoms with Crippen LogP contribution in [0.1, 0.15) is 28.0 Å². The van der Waals surface area contributed by atoms with Crippen molar-refractivity contribution < 1.29 is 22.7 Å².